The van der Waals surface area contributed by atoms with Crippen LogP contribution in [-0.4, -0.2) is 15.9 Å². The summed E-state index contributed by atoms with van der Waals surface area (Å²) in [6.07, 6.45) is 3.42. The predicted octanol–water partition coefficient (Wildman–Crippen LogP) is 3.63. The molecule has 112 valence electrons. The van der Waals surface area contributed by atoms with Gasteiger partial charge in [-0.15, -0.1) is 0 Å². The molecule has 1 atom stereocenters. The Labute approximate surface area is 126 Å². The molecule has 0 saturated carbocycles. The van der Waals surface area contributed by atoms with E-state index in [0.29, 0.717) is 11.1 Å². The highest BCUT2D eigenvalue weighted by Gasteiger charge is 2.38. The van der Waals surface area contributed by atoms with Gasteiger partial charge in [-0.05, 0) is 18.6 Å². The Hall–Kier alpha value is -2.00. The summed E-state index contributed by atoms with van der Waals surface area (Å²) in [5, 5.41) is 11.0. The maximum atomic E-state index is 12.3. The van der Waals surface area contributed by atoms with E-state index in [2.05, 4.69) is 4.98 Å². The number of rotatable bonds is 4. The van der Waals surface area contributed by atoms with Gasteiger partial charge >= 0.3 is 0 Å². The van der Waals surface area contributed by atoms with Gasteiger partial charge in [-0.3, -0.25) is 9.78 Å². The molecule has 0 saturated heterocycles. The molecule has 0 aliphatic rings. The molecule has 1 aromatic carbocycles. The summed E-state index contributed by atoms with van der Waals surface area (Å²) >= 11 is 0. The van der Waals surface area contributed by atoms with Crippen LogP contribution >= 0.6 is 0 Å². The lowest BCUT2D eigenvalue weighted by Crippen LogP contribution is -2.36. The fourth-order valence-corrected chi connectivity index (χ4v) is 2.19. The average Bonchev–Trinajstić information content (AvgIpc) is 2.56. The van der Waals surface area contributed by atoms with E-state index in [0.717, 1.165) is 5.56 Å². The van der Waals surface area contributed by atoms with Gasteiger partial charge in [0.15, 0.2) is 11.4 Å². The smallest absolute Gasteiger partial charge is 0.175 e. The summed E-state index contributed by atoms with van der Waals surface area (Å²) in [6.45, 7) is 7.68. The summed E-state index contributed by atoms with van der Waals surface area (Å²) in [4.78, 5) is 16.3. The Morgan fingerprint density at radius 2 is 1.86 bits per heavy atom. The van der Waals surface area contributed by atoms with Crippen LogP contribution in [0.25, 0.3) is 0 Å². The minimum atomic E-state index is -1.62. The van der Waals surface area contributed by atoms with Crippen molar-refractivity contribution < 1.29 is 9.90 Å². The van der Waals surface area contributed by atoms with Crippen LogP contribution < -0.4 is 0 Å². The van der Waals surface area contributed by atoms with Gasteiger partial charge in [0, 0.05) is 24.4 Å². The van der Waals surface area contributed by atoms with Crippen molar-refractivity contribution in [3.05, 3.63) is 65.5 Å². The number of aromatic nitrogens is 1. The zero-order chi connectivity index (χ0) is 15.9. The van der Waals surface area contributed by atoms with Crippen LogP contribution in [0.5, 0.6) is 0 Å². The van der Waals surface area contributed by atoms with Gasteiger partial charge in [-0.2, -0.15) is 0 Å². The maximum Gasteiger partial charge on any atom is 0.175 e. The molecule has 0 aliphatic heterocycles. The van der Waals surface area contributed by atoms with Crippen LogP contribution in [0, 0.1) is 6.92 Å². The number of aliphatic hydroxyl groups is 1. The monoisotopic (exact) mass is 285 g/mol. The number of pyridine rings is 1. The van der Waals surface area contributed by atoms with E-state index in [1.807, 2.05) is 39.0 Å². The fourth-order valence-electron chi connectivity index (χ4n) is 2.19. The molecule has 1 N–H and O–H groups in total. The molecule has 2 aromatic rings. The zero-order valence-electron chi connectivity index (χ0n) is 13.1. The Bertz CT molecular complexity index is 581. The molecule has 1 heterocycles. The zero-order valence-corrected chi connectivity index (χ0v) is 13.1. The molecule has 0 radical (unpaired) electrons. The van der Waals surface area contributed by atoms with Crippen LogP contribution in [0.1, 0.15) is 43.9 Å². The molecule has 3 nitrogen and oxygen atoms in total. The Kier molecular flexibility index (Phi) is 6.25. The van der Waals surface area contributed by atoms with Crippen molar-refractivity contribution in [2.75, 3.05) is 0 Å². The number of carbonyl (C=O) groups excluding carboxylic acids is 1. The van der Waals surface area contributed by atoms with Gasteiger partial charge in [0.1, 0.15) is 0 Å². The minimum Gasteiger partial charge on any atom is -0.373 e. The van der Waals surface area contributed by atoms with Crippen LogP contribution in [0.15, 0.2) is 48.8 Å². The largest absolute Gasteiger partial charge is 0.373 e. The van der Waals surface area contributed by atoms with Crippen molar-refractivity contribution in [2.24, 2.45) is 0 Å². The molecule has 1 unspecified atom stereocenters. The van der Waals surface area contributed by atoms with Gasteiger partial charge in [-0.1, -0.05) is 56.7 Å². The highest BCUT2D eigenvalue weighted by molar-refractivity contribution is 5.91. The lowest BCUT2D eigenvalue weighted by molar-refractivity contribution is -0.134. The number of carbonyl (C=O) groups is 1. The van der Waals surface area contributed by atoms with Crippen molar-refractivity contribution in [2.45, 2.75) is 39.7 Å². The highest BCUT2D eigenvalue weighted by Crippen LogP contribution is 2.31. The number of ketones is 1. The van der Waals surface area contributed by atoms with Crippen molar-refractivity contribution >= 4 is 5.78 Å². The molecule has 2 rings (SSSR count). The predicted molar refractivity (Wildman–Crippen MR) is 85.1 cm³/mol. The first-order valence-electron chi connectivity index (χ1n) is 7.32. The number of benzene rings is 1. The third-order valence-corrected chi connectivity index (χ3v) is 3.24. The van der Waals surface area contributed by atoms with Crippen molar-refractivity contribution in [3.8, 4) is 0 Å². The molecule has 0 aliphatic carbocycles. The first-order chi connectivity index (χ1) is 10.1. The Balaban J connectivity index is 0.00000106. The van der Waals surface area contributed by atoms with E-state index in [1.54, 1.807) is 31.3 Å². The third kappa shape index (κ3) is 3.56. The SMILES string of the molecule is CC.CCC(=O)C(O)(c1cccnc1)c1cccc(C)c1. The van der Waals surface area contributed by atoms with E-state index < -0.39 is 5.60 Å². The maximum absolute atomic E-state index is 12.3. The highest BCUT2D eigenvalue weighted by atomic mass is 16.3. The fraction of sp³-hybridized carbons (Fsp3) is 0.333. The molecule has 0 spiro atoms. The molecule has 0 bridgehead atoms. The van der Waals surface area contributed by atoms with Crippen LogP contribution in [-0.2, 0) is 10.4 Å². The number of hydrogen-bond acceptors (Lipinski definition) is 3. The Morgan fingerprint density at radius 3 is 2.38 bits per heavy atom. The van der Waals surface area contributed by atoms with Gasteiger partial charge in [0.25, 0.3) is 0 Å². The molecular weight excluding hydrogens is 262 g/mol. The normalized spacial score (nSPS) is 12.8. The number of Topliss-reactive ketones (excluding diaryl/α,β-unsaturated/α-hetero) is 1. The van der Waals surface area contributed by atoms with E-state index in [1.165, 1.54) is 6.20 Å². The second-order valence-corrected chi connectivity index (χ2v) is 4.60. The van der Waals surface area contributed by atoms with Gasteiger partial charge < -0.3 is 5.11 Å². The lowest BCUT2D eigenvalue weighted by atomic mass is 9.82. The number of nitrogens with zero attached hydrogens (tertiary/aromatic N) is 1. The van der Waals surface area contributed by atoms with E-state index in [-0.39, 0.29) is 12.2 Å². The average molecular weight is 285 g/mol. The van der Waals surface area contributed by atoms with Crippen LogP contribution in [0.2, 0.25) is 0 Å². The third-order valence-electron chi connectivity index (χ3n) is 3.24. The van der Waals surface area contributed by atoms with Gasteiger partial charge in [0.2, 0.25) is 0 Å². The van der Waals surface area contributed by atoms with Crippen LogP contribution in [0.4, 0.5) is 0 Å². The number of aryl methyl sites for hydroxylation is 1. The Morgan fingerprint density at radius 1 is 1.19 bits per heavy atom. The van der Waals surface area contributed by atoms with Crippen molar-refractivity contribution in [3.63, 3.8) is 0 Å². The molecule has 21 heavy (non-hydrogen) atoms. The van der Waals surface area contributed by atoms with Crippen molar-refractivity contribution in [1.29, 1.82) is 0 Å². The second-order valence-electron chi connectivity index (χ2n) is 4.60. The molecular formula is C18H23NO2. The molecule has 0 fully saturated rings. The summed E-state index contributed by atoms with van der Waals surface area (Å²) < 4.78 is 0. The van der Waals surface area contributed by atoms with E-state index >= 15 is 0 Å². The standard InChI is InChI=1S/C16H17NO2.C2H6/c1-3-15(18)16(19,14-8-5-9-17-11-14)13-7-4-6-12(2)10-13;1-2/h4-11,19H,3H2,1-2H3;1-2H3. The summed E-state index contributed by atoms with van der Waals surface area (Å²) in [7, 11) is 0. The molecule has 0 amide bonds. The summed E-state index contributed by atoms with van der Waals surface area (Å²) in [6, 6.07) is 10.8. The molecule has 1 aromatic heterocycles. The molecule has 3 heteroatoms. The summed E-state index contributed by atoms with van der Waals surface area (Å²) in [5.74, 6) is -0.230. The van der Waals surface area contributed by atoms with Crippen LogP contribution in [0.3, 0.4) is 0 Å². The number of hydrogen-bond donors (Lipinski definition) is 1. The first-order valence-corrected chi connectivity index (χ1v) is 7.32. The second kappa shape index (κ2) is 7.70. The van der Waals surface area contributed by atoms with Crippen molar-refractivity contribution in [1.82, 2.24) is 4.98 Å². The van der Waals surface area contributed by atoms with Gasteiger partial charge in [0.05, 0.1) is 0 Å². The lowest BCUT2D eigenvalue weighted by Gasteiger charge is -2.27. The quantitative estimate of drug-likeness (QED) is 0.933. The van der Waals surface area contributed by atoms with E-state index in [9.17, 15) is 9.90 Å². The topological polar surface area (TPSA) is 50.2 Å². The van der Waals surface area contributed by atoms with E-state index in [4.69, 9.17) is 0 Å². The summed E-state index contributed by atoms with van der Waals surface area (Å²) in [5.41, 5.74) is 0.484. The van der Waals surface area contributed by atoms with Gasteiger partial charge in [-0.25, -0.2) is 0 Å². The first kappa shape index (κ1) is 17.1. The minimum absolute atomic E-state index is 0.230.